The zero-order valence-corrected chi connectivity index (χ0v) is 12.2. The number of nitrogens with zero attached hydrogens (tertiary/aromatic N) is 1. The zero-order chi connectivity index (χ0) is 14.6. The highest BCUT2D eigenvalue weighted by atomic mass is 35.5. The fraction of sp³-hybridized carbons (Fsp3) is 0.417. The molecule has 6 nitrogen and oxygen atoms in total. The number of nitrogens with one attached hydrogen (secondary N) is 2. The number of rotatable bonds is 4. The van der Waals surface area contributed by atoms with E-state index in [1.807, 2.05) is 6.07 Å². The second-order valence-corrected chi connectivity index (χ2v) is 6.45. The van der Waals surface area contributed by atoms with E-state index in [-0.39, 0.29) is 28.1 Å². The minimum atomic E-state index is -3.76. The van der Waals surface area contributed by atoms with Gasteiger partial charge in [-0.1, -0.05) is 11.6 Å². The van der Waals surface area contributed by atoms with Gasteiger partial charge in [-0.25, -0.2) is 13.1 Å². The Morgan fingerprint density at radius 1 is 1.55 bits per heavy atom. The first kappa shape index (κ1) is 15.2. The van der Waals surface area contributed by atoms with Gasteiger partial charge >= 0.3 is 0 Å². The summed E-state index contributed by atoms with van der Waals surface area (Å²) in [5, 5.41) is 12.0. The lowest BCUT2D eigenvalue weighted by Gasteiger charge is -2.23. The Kier molecular flexibility index (Phi) is 4.96. The summed E-state index contributed by atoms with van der Waals surface area (Å²) in [4.78, 5) is -0.0954. The average Bonchev–Trinajstić information content (AvgIpc) is 2.47. The molecule has 0 aromatic heterocycles. The summed E-state index contributed by atoms with van der Waals surface area (Å²) >= 11 is 5.89. The van der Waals surface area contributed by atoms with Crippen LogP contribution in [0.3, 0.4) is 0 Å². The molecule has 1 aliphatic heterocycles. The Morgan fingerprint density at radius 2 is 2.35 bits per heavy atom. The smallest absolute Gasteiger partial charge is 0.242 e. The van der Waals surface area contributed by atoms with E-state index >= 15 is 0 Å². The summed E-state index contributed by atoms with van der Waals surface area (Å²) < 4.78 is 32.2. The van der Waals surface area contributed by atoms with Gasteiger partial charge in [-0.05, 0) is 18.2 Å². The van der Waals surface area contributed by atoms with Crippen molar-refractivity contribution < 1.29 is 13.2 Å². The van der Waals surface area contributed by atoms with Crippen LogP contribution in [-0.4, -0.2) is 40.8 Å². The normalized spacial score (nSPS) is 19.5. The Labute approximate surface area is 122 Å². The number of nitriles is 1. The fourth-order valence-corrected chi connectivity index (χ4v) is 3.40. The highest BCUT2D eigenvalue weighted by Gasteiger charge is 2.21. The van der Waals surface area contributed by atoms with Crippen LogP contribution in [0.4, 0.5) is 0 Å². The standard InChI is InChI=1S/C12H14ClN3O3S/c13-11-2-1-9(6-14)5-12(11)20(17,18)16-8-10-7-15-3-4-19-10/h1-2,5,10,15-16H,3-4,7-8H2. The molecule has 1 aromatic carbocycles. The van der Waals surface area contributed by atoms with Crippen LogP contribution in [0.5, 0.6) is 0 Å². The van der Waals surface area contributed by atoms with Crippen molar-refractivity contribution in [2.45, 2.75) is 11.0 Å². The molecule has 1 aliphatic rings. The average molecular weight is 316 g/mol. The summed E-state index contributed by atoms with van der Waals surface area (Å²) in [6.45, 7) is 2.06. The van der Waals surface area contributed by atoms with Crippen LogP contribution in [0.25, 0.3) is 0 Å². The highest BCUT2D eigenvalue weighted by Crippen LogP contribution is 2.22. The molecule has 20 heavy (non-hydrogen) atoms. The molecular weight excluding hydrogens is 302 g/mol. The monoisotopic (exact) mass is 315 g/mol. The topological polar surface area (TPSA) is 91.2 Å². The quantitative estimate of drug-likeness (QED) is 0.843. The number of hydrogen-bond donors (Lipinski definition) is 2. The van der Waals surface area contributed by atoms with Crippen molar-refractivity contribution in [2.75, 3.05) is 26.2 Å². The first-order chi connectivity index (χ1) is 9.53. The zero-order valence-electron chi connectivity index (χ0n) is 10.6. The molecule has 0 bridgehead atoms. The van der Waals surface area contributed by atoms with E-state index in [2.05, 4.69) is 10.0 Å². The molecule has 0 amide bonds. The summed E-state index contributed by atoms with van der Waals surface area (Å²) in [6, 6.07) is 6.01. The first-order valence-corrected chi connectivity index (χ1v) is 7.90. The number of hydrogen-bond acceptors (Lipinski definition) is 5. The van der Waals surface area contributed by atoms with Crippen LogP contribution in [0.2, 0.25) is 5.02 Å². The Hall–Kier alpha value is -1.17. The van der Waals surface area contributed by atoms with E-state index in [0.29, 0.717) is 13.2 Å². The molecule has 1 atom stereocenters. The molecule has 0 spiro atoms. The molecule has 108 valence electrons. The maximum Gasteiger partial charge on any atom is 0.242 e. The van der Waals surface area contributed by atoms with Gasteiger partial charge in [-0.3, -0.25) is 0 Å². The van der Waals surface area contributed by atoms with E-state index < -0.39 is 10.0 Å². The van der Waals surface area contributed by atoms with Gasteiger partial charge in [-0.15, -0.1) is 0 Å². The predicted octanol–water partition coefficient (Wildman–Crippen LogP) is 0.478. The molecule has 0 aliphatic carbocycles. The third-order valence-electron chi connectivity index (χ3n) is 2.86. The van der Waals surface area contributed by atoms with Crippen molar-refractivity contribution >= 4 is 21.6 Å². The molecule has 1 heterocycles. The molecule has 0 saturated carbocycles. The minimum Gasteiger partial charge on any atom is -0.374 e. The molecule has 1 saturated heterocycles. The van der Waals surface area contributed by atoms with E-state index in [4.69, 9.17) is 21.6 Å². The molecule has 0 radical (unpaired) electrons. The van der Waals surface area contributed by atoms with Crippen molar-refractivity contribution in [3.63, 3.8) is 0 Å². The lowest BCUT2D eigenvalue weighted by atomic mass is 10.2. The molecule has 1 fully saturated rings. The maximum absolute atomic E-state index is 12.2. The van der Waals surface area contributed by atoms with Crippen molar-refractivity contribution in [3.8, 4) is 6.07 Å². The van der Waals surface area contributed by atoms with Gasteiger partial charge in [0.05, 0.1) is 29.4 Å². The lowest BCUT2D eigenvalue weighted by molar-refractivity contribution is 0.0324. The van der Waals surface area contributed by atoms with Gasteiger partial charge in [0.15, 0.2) is 0 Å². The summed E-state index contributed by atoms with van der Waals surface area (Å²) in [5.41, 5.74) is 0.241. The fourth-order valence-electron chi connectivity index (χ4n) is 1.81. The number of sulfonamides is 1. The second-order valence-electron chi connectivity index (χ2n) is 4.31. The highest BCUT2D eigenvalue weighted by molar-refractivity contribution is 7.89. The third-order valence-corrected chi connectivity index (χ3v) is 4.76. The van der Waals surface area contributed by atoms with Crippen LogP contribution < -0.4 is 10.0 Å². The van der Waals surface area contributed by atoms with Crippen molar-refractivity contribution in [2.24, 2.45) is 0 Å². The summed E-state index contributed by atoms with van der Waals surface area (Å²) in [7, 11) is -3.76. The molecule has 2 N–H and O–H groups in total. The minimum absolute atomic E-state index is 0.0826. The summed E-state index contributed by atoms with van der Waals surface area (Å²) in [5.74, 6) is 0. The van der Waals surface area contributed by atoms with Crippen LogP contribution in [-0.2, 0) is 14.8 Å². The summed E-state index contributed by atoms with van der Waals surface area (Å²) in [6.07, 6.45) is -0.212. The molecule has 1 unspecified atom stereocenters. The van der Waals surface area contributed by atoms with Gasteiger partial charge in [0.25, 0.3) is 0 Å². The lowest BCUT2D eigenvalue weighted by Crippen LogP contribution is -2.45. The largest absolute Gasteiger partial charge is 0.374 e. The van der Waals surface area contributed by atoms with Crippen molar-refractivity contribution in [1.82, 2.24) is 10.0 Å². The van der Waals surface area contributed by atoms with Gasteiger partial charge in [0, 0.05) is 19.6 Å². The second kappa shape index (κ2) is 6.52. The number of halogens is 1. The van der Waals surface area contributed by atoms with Gasteiger partial charge in [-0.2, -0.15) is 5.26 Å². The van der Waals surface area contributed by atoms with Crippen molar-refractivity contribution in [1.29, 1.82) is 5.26 Å². The van der Waals surface area contributed by atoms with Gasteiger partial charge in [0.2, 0.25) is 10.0 Å². The van der Waals surface area contributed by atoms with Crippen LogP contribution in [0.1, 0.15) is 5.56 Å². The Balaban J connectivity index is 2.11. The first-order valence-electron chi connectivity index (χ1n) is 6.04. The molecule has 2 rings (SSSR count). The number of morpholine rings is 1. The van der Waals surface area contributed by atoms with Crippen LogP contribution in [0.15, 0.2) is 23.1 Å². The molecule has 8 heteroatoms. The van der Waals surface area contributed by atoms with E-state index in [9.17, 15) is 8.42 Å². The Bertz CT molecular complexity index is 621. The van der Waals surface area contributed by atoms with Crippen LogP contribution in [0, 0.1) is 11.3 Å². The molecule has 1 aromatic rings. The Morgan fingerprint density at radius 3 is 3.00 bits per heavy atom. The van der Waals surface area contributed by atoms with Gasteiger partial charge < -0.3 is 10.1 Å². The number of benzene rings is 1. The van der Waals surface area contributed by atoms with Crippen molar-refractivity contribution in [3.05, 3.63) is 28.8 Å². The van der Waals surface area contributed by atoms with E-state index in [0.717, 1.165) is 6.54 Å². The van der Waals surface area contributed by atoms with Crippen LogP contribution >= 0.6 is 11.6 Å². The predicted molar refractivity (Wildman–Crippen MR) is 74.0 cm³/mol. The molecular formula is C12H14ClN3O3S. The van der Waals surface area contributed by atoms with Gasteiger partial charge in [0.1, 0.15) is 4.90 Å². The van der Waals surface area contributed by atoms with E-state index in [1.54, 1.807) is 0 Å². The maximum atomic E-state index is 12.2. The third kappa shape index (κ3) is 3.69. The SMILES string of the molecule is N#Cc1ccc(Cl)c(S(=O)(=O)NCC2CNCCO2)c1. The number of ether oxygens (including phenoxy) is 1. The van der Waals surface area contributed by atoms with E-state index in [1.165, 1.54) is 18.2 Å².